The fraction of sp³-hybridized carbons (Fsp3) is 0.533. The van der Waals surface area contributed by atoms with E-state index in [0.717, 1.165) is 25.2 Å². The van der Waals surface area contributed by atoms with Crippen LogP contribution in [0, 0.1) is 0 Å². The number of carbonyl (C=O) groups is 1. The quantitative estimate of drug-likeness (QED) is 0.663. The SMILES string of the molecule is COCCNCCNC(=O)c1cccc(CN(C)C)c1.Cl.Cl. The maximum atomic E-state index is 12.0. The highest BCUT2D eigenvalue weighted by Gasteiger charge is 2.05. The smallest absolute Gasteiger partial charge is 0.251 e. The summed E-state index contributed by atoms with van der Waals surface area (Å²) < 4.78 is 4.93. The minimum absolute atomic E-state index is 0. The van der Waals surface area contributed by atoms with E-state index in [1.165, 1.54) is 0 Å². The minimum atomic E-state index is -0.0286. The second-order valence-corrected chi connectivity index (χ2v) is 4.94. The number of carbonyl (C=O) groups excluding carboxylic acids is 1. The van der Waals surface area contributed by atoms with E-state index in [2.05, 4.69) is 15.5 Å². The van der Waals surface area contributed by atoms with Gasteiger partial charge in [0.1, 0.15) is 0 Å². The predicted octanol–water partition coefficient (Wildman–Crippen LogP) is 1.56. The summed E-state index contributed by atoms with van der Waals surface area (Å²) in [6, 6.07) is 7.73. The van der Waals surface area contributed by atoms with Crippen LogP contribution in [0.25, 0.3) is 0 Å². The molecule has 0 saturated carbocycles. The Morgan fingerprint density at radius 1 is 1.18 bits per heavy atom. The zero-order chi connectivity index (χ0) is 14.8. The molecule has 0 spiro atoms. The first-order valence-electron chi connectivity index (χ1n) is 6.85. The molecule has 0 unspecified atom stereocenters. The molecule has 0 aromatic heterocycles. The standard InChI is InChI=1S/C15H25N3O2.2ClH/c1-18(2)12-13-5-4-6-14(11-13)15(19)17-8-7-16-9-10-20-3;;/h4-6,11,16H,7-10,12H2,1-3H3,(H,17,19);2*1H. The van der Waals surface area contributed by atoms with Gasteiger partial charge in [-0.3, -0.25) is 4.79 Å². The molecule has 0 aliphatic carbocycles. The van der Waals surface area contributed by atoms with Gasteiger partial charge in [0, 0.05) is 38.9 Å². The lowest BCUT2D eigenvalue weighted by Gasteiger charge is -2.11. The highest BCUT2D eigenvalue weighted by molar-refractivity contribution is 5.94. The number of rotatable bonds is 9. The minimum Gasteiger partial charge on any atom is -0.383 e. The van der Waals surface area contributed by atoms with Gasteiger partial charge in [-0.05, 0) is 31.8 Å². The Hall–Kier alpha value is -0.850. The number of hydrogen-bond donors (Lipinski definition) is 2. The van der Waals surface area contributed by atoms with Gasteiger partial charge in [-0.15, -0.1) is 24.8 Å². The topological polar surface area (TPSA) is 53.6 Å². The van der Waals surface area contributed by atoms with Crippen LogP contribution < -0.4 is 10.6 Å². The molecular weight excluding hydrogens is 325 g/mol. The van der Waals surface area contributed by atoms with Crippen molar-refractivity contribution in [2.45, 2.75) is 6.54 Å². The average molecular weight is 352 g/mol. The van der Waals surface area contributed by atoms with Gasteiger partial charge in [0.2, 0.25) is 0 Å². The fourth-order valence-electron chi connectivity index (χ4n) is 1.84. The Kier molecular flexibility index (Phi) is 14.7. The maximum Gasteiger partial charge on any atom is 0.251 e. The largest absolute Gasteiger partial charge is 0.383 e. The Morgan fingerprint density at radius 2 is 1.91 bits per heavy atom. The summed E-state index contributed by atoms with van der Waals surface area (Å²) in [5.41, 5.74) is 1.85. The zero-order valence-electron chi connectivity index (χ0n) is 13.4. The number of benzene rings is 1. The normalized spacial score (nSPS) is 9.82. The second kappa shape index (κ2) is 13.8. The van der Waals surface area contributed by atoms with Crippen LogP contribution in [0.15, 0.2) is 24.3 Å². The van der Waals surface area contributed by atoms with Crippen molar-refractivity contribution in [3.8, 4) is 0 Å². The van der Waals surface area contributed by atoms with Crippen LogP contribution >= 0.6 is 24.8 Å². The van der Waals surface area contributed by atoms with E-state index in [1.807, 2.05) is 38.4 Å². The van der Waals surface area contributed by atoms with Crippen LogP contribution in [0.1, 0.15) is 15.9 Å². The van der Waals surface area contributed by atoms with Gasteiger partial charge in [-0.1, -0.05) is 12.1 Å². The Labute approximate surface area is 145 Å². The molecule has 1 rings (SSSR count). The lowest BCUT2D eigenvalue weighted by Crippen LogP contribution is -2.33. The van der Waals surface area contributed by atoms with Crippen molar-refractivity contribution in [3.63, 3.8) is 0 Å². The van der Waals surface area contributed by atoms with Crippen molar-refractivity contribution >= 4 is 30.7 Å². The first-order chi connectivity index (χ1) is 9.63. The van der Waals surface area contributed by atoms with Gasteiger partial charge in [-0.25, -0.2) is 0 Å². The second-order valence-electron chi connectivity index (χ2n) is 4.94. The first kappa shape index (κ1) is 23.4. The summed E-state index contributed by atoms with van der Waals surface area (Å²) in [5.74, 6) is -0.0286. The molecule has 0 fully saturated rings. The zero-order valence-corrected chi connectivity index (χ0v) is 15.1. The van der Waals surface area contributed by atoms with Gasteiger partial charge in [0.05, 0.1) is 6.61 Å². The molecule has 0 aliphatic heterocycles. The van der Waals surface area contributed by atoms with Crippen molar-refractivity contribution in [2.75, 3.05) is 47.4 Å². The summed E-state index contributed by atoms with van der Waals surface area (Å²) in [6.07, 6.45) is 0. The molecule has 5 nitrogen and oxygen atoms in total. The van der Waals surface area contributed by atoms with Gasteiger partial charge in [0.15, 0.2) is 0 Å². The third-order valence-electron chi connectivity index (χ3n) is 2.76. The summed E-state index contributed by atoms with van der Waals surface area (Å²) in [5, 5.41) is 6.08. The van der Waals surface area contributed by atoms with E-state index in [0.29, 0.717) is 18.7 Å². The molecule has 1 aromatic carbocycles. The number of methoxy groups -OCH3 is 1. The van der Waals surface area contributed by atoms with E-state index in [4.69, 9.17) is 4.74 Å². The fourth-order valence-corrected chi connectivity index (χ4v) is 1.84. The van der Waals surface area contributed by atoms with Gasteiger partial charge >= 0.3 is 0 Å². The highest BCUT2D eigenvalue weighted by atomic mass is 35.5. The molecule has 2 N–H and O–H groups in total. The number of hydrogen-bond acceptors (Lipinski definition) is 4. The van der Waals surface area contributed by atoms with E-state index in [9.17, 15) is 4.79 Å². The van der Waals surface area contributed by atoms with Crippen LogP contribution in [0.3, 0.4) is 0 Å². The van der Waals surface area contributed by atoms with Crippen LogP contribution in [0.5, 0.6) is 0 Å². The Balaban J connectivity index is 0. The summed E-state index contributed by atoms with van der Waals surface area (Å²) in [4.78, 5) is 14.1. The third kappa shape index (κ3) is 9.97. The van der Waals surface area contributed by atoms with Crippen LogP contribution in [-0.4, -0.2) is 58.3 Å². The van der Waals surface area contributed by atoms with E-state index >= 15 is 0 Å². The van der Waals surface area contributed by atoms with E-state index in [-0.39, 0.29) is 30.7 Å². The number of nitrogens with one attached hydrogen (secondary N) is 2. The Morgan fingerprint density at radius 3 is 2.55 bits per heavy atom. The number of amides is 1. The average Bonchev–Trinajstić information content (AvgIpc) is 2.42. The summed E-state index contributed by atoms with van der Waals surface area (Å²) in [6.45, 7) is 3.66. The first-order valence-corrected chi connectivity index (χ1v) is 6.85. The molecule has 0 bridgehead atoms. The molecule has 22 heavy (non-hydrogen) atoms. The van der Waals surface area contributed by atoms with Gasteiger partial charge < -0.3 is 20.3 Å². The number of ether oxygens (including phenoxy) is 1. The molecule has 0 atom stereocenters. The predicted molar refractivity (Wildman–Crippen MR) is 95.4 cm³/mol. The Bertz CT molecular complexity index is 418. The molecule has 128 valence electrons. The van der Waals surface area contributed by atoms with E-state index < -0.39 is 0 Å². The maximum absolute atomic E-state index is 12.0. The summed E-state index contributed by atoms with van der Waals surface area (Å²) in [7, 11) is 5.70. The molecule has 1 aromatic rings. The molecule has 0 heterocycles. The van der Waals surface area contributed by atoms with Gasteiger partial charge in [0.25, 0.3) is 5.91 Å². The lowest BCUT2D eigenvalue weighted by atomic mass is 10.1. The number of nitrogens with zero attached hydrogens (tertiary/aromatic N) is 1. The molecular formula is C15H27Cl2N3O2. The van der Waals surface area contributed by atoms with Gasteiger partial charge in [-0.2, -0.15) is 0 Å². The van der Waals surface area contributed by atoms with Crippen LogP contribution in [0.2, 0.25) is 0 Å². The highest BCUT2D eigenvalue weighted by Crippen LogP contribution is 2.06. The van der Waals surface area contributed by atoms with Crippen molar-refractivity contribution in [3.05, 3.63) is 35.4 Å². The molecule has 0 aliphatic rings. The van der Waals surface area contributed by atoms with Crippen molar-refractivity contribution in [1.29, 1.82) is 0 Å². The van der Waals surface area contributed by atoms with Crippen molar-refractivity contribution in [2.24, 2.45) is 0 Å². The summed E-state index contributed by atoms with van der Waals surface area (Å²) >= 11 is 0. The monoisotopic (exact) mass is 351 g/mol. The van der Waals surface area contributed by atoms with E-state index in [1.54, 1.807) is 7.11 Å². The van der Waals surface area contributed by atoms with Crippen molar-refractivity contribution < 1.29 is 9.53 Å². The molecule has 7 heteroatoms. The third-order valence-corrected chi connectivity index (χ3v) is 2.76. The van der Waals surface area contributed by atoms with Crippen LogP contribution in [0.4, 0.5) is 0 Å². The van der Waals surface area contributed by atoms with Crippen LogP contribution in [-0.2, 0) is 11.3 Å². The molecule has 0 saturated heterocycles. The number of halogens is 2. The lowest BCUT2D eigenvalue weighted by molar-refractivity contribution is 0.0953. The van der Waals surface area contributed by atoms with Crippen molar-refractivity contribution in [1.82, 2.24) is 15.5 Å². The molecule has 1 amide bonds. The molecule has 0 radical (unpaired) electrons.